The Bertz CT molecular complexity index is 1000. The first kappa shape index (κ1) is 18.3. The van der Waals surface area contributed by atoms with Crippen LogP contribution in [0.4, 0.5) is 14.5 Å². The van der Waals surface area contributed by atoms with Gasteiger partial charge in [0.2, 0.25) is 5.91 Å². The minimum Gasteiger partial charge on any atom is -0.320 e. The van der Waals surface area contributed by atoms with Gasteiger partial charge in [0, 0.05) is 10.3 Å². The van der Waals surface area contributed by atoms with Crippen LogP contribution in [0.2, 0.25) is 0 Å². The van der Waals surface area contributed by atoms with Crippen molar-refractivity contribution in [3.8, 4) is 0 Å². The summed E-state index contributed by atoms with van der Waals surface area (Å²) in [5, 5.41) is 4.08. The van der Waals surface area contributed by atoms with Crippen LogP contribution in [0, 0.1) is 17.6 Å². The van der Waals surface area contributed by atoms with Gasteiger partial charge in [0.25, 0.3) is 0 Å². The van der Waals surface area contributed by atoms with Gasteiger partial charge in [-0.15, -0.1) is 11.3 Å². The maximum Gasteiger partial charge on any atom is 0.234 e. The number of aryl methyl sites for hydroxylation is 1. The number of hydrogen-bond donors (Lipinski definition) is 1. The lowest BCUT2D eigenvalue weighted by atomic mass is 9.89. The minimum atomic E-state index is -0.793. The van der Waals surface area contributed by atoms with Gasteiger partial charge in [-0.1, -0.05) is 24.8 Å². The van der Waals surface area contributed by atoms with Crippen molar-refractivity contribution in [3.63, 3.8) is 0 Å². The number of para-hydroxylation sites is 1. The Morgan fingerprint density at radius 1 is 1.33 bits per heavy atom. The molecule has 0 aliphatic heterocycles. The summed E-state index contributed by atoms with van der Waals surface area (Å²) in [5.74, 6) is -1.39. The highest BCUT2D eigenvalue weighted by Crippen LogP contribution is 2.40. The van der Waals surface area contributed by atoms with E-state index in [0.29, 0.717) is 5.92 Å². The number of nitrogens with one attached hydrogen (secondary N) is 1. The molecule has 0 fully saturated rings. The van der Waals surface area contributed by atoms with Crippen molar-refractivity contribution in [3.05, 3.63) is 46.6 Å². The number of fused-ring (bicyclic) bond motifs is 3. The molecule has 140 valence electrons. The summed E-state index contributed by atoms with van der Waals surface area (Å²) in [7, 11) is 0. The van der Waals surface area contributed by atoms with Crippen LogP contribution < -0.4 is 5.32 Å². The first-order chi connectivity index (χ1) is 13.0. The van der Waals surface area contributed by atoms with Crippen molar-refractivity contribution in [2.24, 2.45) is 5.92 Å². The van der Waals surface area contributed by atoms with Crippen molar-refractivity contribution in [1.29, 1.82) is 0 Å². The van der Waals surface area contributed by atoms with E-state index >= 15 is 0 Å². The fourth-order valence-electron chi connectivity index (χ4n) is 3.28. The van der Waals surface area contributed by atoms with E-state index < -0.39 is 23.2 Å². The molecule has 0 unspecified atom stereocenters. The number of hydrogen-bond acceptors (Lipinski definition) is 5. The Kier molecular flexibility index (Phi) is 5.10. The molecule has 4 nitrogen and oxygen atoms in total. The minimum absolute atomic E-state index is 0.0148. The van der Waals surface area contributed by atoms with Crippen LogP contribution in [0.15, 0.2) is 29.6 Å². The standard InChI is InChI=1S/C19H17F2N3OS2/c1-10-5-6-11-14(7-10)27-19-16(11)18(22-9-23-19)26-8-15(25)24-17-12(20)3-2-4-13(17)21/h2-4,9-10H,5-8H2,1H3,(H,24,25)/t10-/m0/s1. The van der Waals surface area contributed by atoms with E-state index in [1.54, 1.807) is 11.3 Å². The predicted octanol–water partition coefficient (Wildman–Crippen LogP) is 4.83. The maximum absolute atomic E-state index is 13.7. The van der Waals surface area contributed by atoms with Crippen LogP contribution in [0.3, 0.4) is 0 Å². The van der Waals surface area contributed by atoms with E-state index in [-0.39, 0.29) is 5.75 Å². The third-order valence-corrected chi connectivity index (χ3v) is 6.78. The van der Waals surface area contributed by atoms with Crippen LogP contribution in [0.25, 0.3) is 10.2 Å². The number of rotatable bonds is 4. The zero-order valence-corrected chi connectivity index (χ0v) is 16.2. The SMILES string of the molecule is C[C@H]1CCc2c(sc3ncnc(SCC(=O)Nc4c(F)cccc4F)c23)C1. The van der Waals surface area contributed by atoms with Crippen LogP contribution in [0.5, 0.6) is 0 Å². The highest BCUT2D eigenvalue weighted by molar-refractivity contribution is 8.00. The lowest BCUT2D eigenvalue weighted by Gasteiger charge is -2.18. The Hall–Kier alpha value is -2.06. The molecule has 2 heterocycles. The van der Waals surface area contributed by atoms with Gasteiger partial charge in [-0.3, -0.25) is 4.79 Å². The van der Waals surface area contributed by atoms with Crippen molar-refractivity contribution in [2.45, 2.75) is 31.2 Å². The first-order valence-electron chi connectivity index (χ1n) is 8.65. The predicted molar refractivity (Wildman–Crippen MR) is 104 cm³/mol. The van der Waals surface area contributed by atoms with Crippen LogP contribution in [-0.4, -0.2) is 21.6 Å². The molecule has 0 radical (unpaired) electrons. The number of nitrogens with zero attached hydrogens (tertiary/aromatic N) is 2. The van der Waals surface area contributed by atoms with E-state index in [9.17, 15) is 13.6 Å². The number of benzene rings is 1. The fourth-order valence-corrected chi connectivity index (χ4v) is 5.52. The van der Waals surface area contributed by atoms with E-state index in [4.69, 9.17) is 0 Å². The van der Waals surface area contributed by atoms with E-state index in [0.717, 1.165) is 46.6 Å². The van der Waals surface area contributed by atoms with E-state index in [1.807, 2.05) is 0 Å². The third kappa shape index (κ3) is 3.68. The molecule has 0 bridgehead atoms. The zero-order valence-electron chi connectivity index (χ0n) is 14.6. The maximum atomic E-state index is 13.7. The molecule has 1 aliphatic rings. The number of thiophene rings is 1. The molecule has 27 heavy (non-hydrogen) atoms. The summed E-state index contributed by atoms with van der Waals surface area (Å²) < 4.78 is 27.4. The molecule has 2 aromatic heterocycles. The number of anilines is 1. The molecule has 1 N–H and O–H groups in total. The smallest absolute Gasteiger partial charge is 0.234 e. The quantitative estimate of drug-likeness (QED) is 0.499. The van der Waals surface area contributed by atoms with Gasteiger partial charge in [-0.05, 0) is 42.9 Å². The Labute approximate surface area is 163 Å². The number of carbonyl (C=O) groups is 1. The monoisotopic (exact) mass is 405 g/mol. The van der Waals surface area contributed by atoms with E-state index in [2.05, 4.69) is 22.2 Å². The highest BCUT2D eigenvalue weighted by atomic mass is 32.2. The van der Waals surface area contributed by atoms with Gasteiger partial charge in [0.05, 0.1) is 5.75 Å². The zero-order chi connectivity index (χ0) is 19.0. The van der Waals surface area contributed by atoms with Crippen molar-refractivity contribution in [2.75, 3.05) is 11.1 Å². The summed E-state index contributed by atoms with van der Waals surface area (Å²) >= 11 is 2.96. The molecular weight excluding hydrogens is 388 g/mol. The molecule has 1 aliphatic carbocycles. The van der Waals surface area contributed by atoms with Crippen molar-refractivity contribution in [1.82, 2.24) is 9.97 Å². The molecule has 3 aromatic rings. The highest BCUT2D eigenvalue weighted by Gasteiger charge is 2.23. The van der Waals surface area contributed by atoms with Crippen LogP contribution in [-0.2, 0) is 17.6 Å². The molecule has 8 heteroatoms. The van der Waals surface area contributed by atoms with Crippen molar-refractivity contribution >= 4 is 44.9 Å². The molecule has 0 spiro atoms. The van der Waals surface area contributed by atoms with Gasteiger partial charge < -0.3 is 5.32 Å². The summed E-state index contributed by atoms with van der Waals surface area (Å²) in [5.41, 5.74) is 0.870. The first-order valence-corrected chi connectivity index (χ1v) is 10.4. The summed E-state index contributed by atoms with van der Waals surface area (Å²) in [6.07, 6.45) is 4.67. The van der Waals surface area contributed by atoms with Crippen molar-refractivity contribution < 1.29 is 13.6 Å². The molecule has 1 atom stereocenters. The Morgan fingerprint density at radius 3 is 2.89 bits per heavy atom. The second-order valence-electron chi connectivity index (χ2n) is 6.64. The Balaban J connectivity index is 1.53. The lowest BCUT2D eigenvalue weighted by molar-refractivity contribution is -0.113. The van der Waals surface area contributed by atoms with Gasteiger partial charge in [-0.2, -0.15) is 0 Å². The number of thioether (sulfide) groups is 1. The Morgan fingerprint density at radius 2 is 2.11 bits per heavy atom. The largest absolute Gasteiger partial charge is 0.320 e. The van der Waals surface area contributed by atoms with E-state index in [1.165, 1.54) is 34.6 Å². The topological polar surface area (TPSA) is 54.9 Å². The second kappa shape index (κ2) is 7.52. The molecule has 0 saturated heterocycles. The number of halogens is 2. The van der Waals surface area contributed by atoms with Gasteiger partial charge >= 0.3 is 0 Å². The van der Waals surface area contributed by atoms with Crippen LogP contribution >= 0.6 is 23.1 Å². The molecule has 1 aromatic carbocycles. The fraction of sp³-hybridized carbons (Fsp3) is 0.316. The summed E-state index contributed by atoms with van der Waals surface area (Å²) in [6.45, 7) is 2.25. The van der Waals surface area contributed by atoms with Gasteiger partial charge in [-0.25, -0.2) is 18.7 Å². The lowest BCUT2D eigenvalue weighted by Crippen LogP contribution is -2.16. The average Bonchev–Trinajstić information content (AvgIpc) is 3.01. The van der Waals surface area contributed by atoms with Gasteiger partial charge in [0.1, 0.15) is 33.5 Å². The normalized spacial score (nSPS) is 16.3. The molecule has 1 amide bonds. The summed E-state index contributed by atoms with van der Waals surface area (Å²) in [6, 6.07) is 3.48. The summed E-state index contributed by atoms with van der Waals surface area (Å²) in [4.78, 5) is 23.2. The third-order valence-electron chi connectivity index (χ3n) is 4.62. The van der Waals surface area contributed by atoms with Gasteiger partial charge in [0.15, 0.2) is 0 Å². The molecular formula is C19H17F2N3OS2. The van der Waals surface area contributed by atoms with Crippen LogP contribution in [0.1, 0.15) is 23.8 Å². The number of amides is 1. The molecule has 0 saturated carbocycles. The number of aromatic nitrogens is 2. The molecule has 4 rings (SSSR count). The number of carbonyl (C=O) groups excluding carboxylic acids is 1. The average molecular weight is 405 g/mol. The second-order valence-corrected chi connectivity index (χ2v) is 8.69.